The Morgan fingerprint density at radius 1 is 1.17 bits per heavy atom. The lowest BCUT2D eigenvalue weighted by Crippen LogP contribution is -2.23. The van der Waals surface area contributed by atoms with Crippen molar-refractivity contribution in [2.24, 2.45) is 5.92 Å². The Balaban J connectivity index is 3.10. The summed E-state index contributed by atoms with van der Waals surface area (Å²) in [5.74, 6) is 0.481. The number of sulfonamides is 1. The highest BCUT2D eigenvalue weighted by molar-refractivity contribution is 7.89. The molecule has 0 radical (unpaired) electrons. The maximum atomic E-state index is 11.7. The van der Waals surface area contributed by atoms with Crippen LogP contribution in [0.5, 0.6) is 0 Å². The minimum absolute atomic E-state index is 0.286. The quantitative estimate of drug-likeness (QED) is 0.863. The molecule has 0 aliphatic rings. The predicted octanol–water partition coefficient (Wildman–Crippen LogP) is 2.36. The SMILES string of the molecule is CNS(=O)(=O)c1ccc(C)c(NC(C)C(C)C)c1. The van der Waals surface area contributed by atoms with E-state index in [0.29, 0.717) is 5.92 Å². The highest BCUT2D eigenvalue weighted by Crippen LogP contribution is 2.22. The van der Waals surface area contributed by atoms with Crippen molar-refractivity contribution in [1.29, 1.82) is 0 Å². The van der Waals surface area contributed by atoms with Crippen LogP contribution in [0.25, 0.3) is 0 Å². The molecule has 0 bridgehead atoms. The average Bonchev–Trinajstić information content (AvgIpc) is 2.31. The molecule has 1 atom stereocenters. The standard InChI is InChI=1S/C13H22N2O2S/c1-9(2)11(4)15-13-8-12(7-6-10(13)3)18(16,17)14-5/h6-9,11,14-15H,1-5H3. The average molecular weight is 270 g/mol. The van der Waals surface area contributed by atoms with Crippen LogP contribution >= 0.6 is 0 Å². The smallest absolute Gasteiger partial charge is 0.240 e. The van der Waals surface area contributed by atoms with Gasteiger partial charge in [0.1, 0.15) is 0 Å². The second kappa shape index (κ2) is 5.71. The lowest BCUT2D eigenvalue weighted by atomic mass is 10.1. The van der Waals surface area contributed by atoms with Gasteiger partial charge in [-0.1, -0.05) is 19.9 Å². The summed E-state index contributed by atoms with van der Waals surface area (Å²) in [7, 11) is -1.97. The zero-order valence-corrected chi connectivity index (χ0v) is 12.4. The summed E-state index contributed by atoms with van der Waals surface area (Å²) in [6.45, 7) is 8.30. The summed E-state index contributed by atoms with van der Waals surface area (Å²) in [5, 5.41) is 3.35. The molecule has 0 aromatic heterocycles. The summed E-state index contributed by atoms with van der Waals surface area (Å²) in [5.41, 5.74) is 1.91. The largest absolute Gasteiger partial charge is 0.382 e. The molecule has 1 unspecified atom stereocenters. The Bertz CT molecular complexity index is 510. The van der Waals surface area contributed by atoms with E-state index in [2.05, 4.69) is 30.8 Å². The fraction of sp³-hybridized carbons (Fsp3) is 0.538. The van der Waals surface area contributed by atoms with Crippen molar-refractivity contribution in [2.45, 2.75) is 38.6 Å². The third kappa shape index (κ3) is 3.46. The molecule has 4 nitrogen and oxygen atoms in total. The number of rotatable bonds is 5. The molecule has 1 aromatic rings. The highest BCUT2D eigenvalue weighted by Gasteiger charge is 2.14. The number of nitrogens with one attached hydrogen (secondary N) is 2. The van der Waals surface area contributed by atoms with Crippen LogP contribution in [0.1, 0.15) is 26.3 Å². The molecule has 1 rings (SSSR count). The molecule has 0 fully saturated rings. The van der Waals surface area contributed by atoms with Gasteiger partial charge in [-0.15, -0.1) is 0 Å². The van der Waals surface area contributed by atoms with Crippen molar-refractivity contribution in [3.05, 3.63) is 23.8 Å². The molecule has 102 valence electrons. The molecule has 0 spiro atoms. The van der Waals surface area contributed by atoms with Gasteiger partial charge in [0, 0.05) is 11.7 Å². The molecule has 0 saturated carbocycles. The summed E-state index contributed by atoms with van der Waals surface area (Å²) in [6.07, 6.45) is 0. The van der Waals surface area contributed by atoms with Crippen LogP contribution in [0.3, 0.4) is 0 Å². The van der Waals surface area contributed by atoms with Crippen LogP contribution in [0.2, 0.25) is 0 Å². The molecule has 0 saturated heterocycles. The van der Waals surface area contributed by atoms with E-state index < -0.39 is 10.0 Å². The number of aryl methyl sites for hydroxylation is 1. The first-order valence-corrected chi connectivity index (χ1v) is 7.57. The van der Waals surface area contributed by atoms with Gasteiger partial charge in [-0.25, -0.2) is 13.1 Å². The van der Waals surface area contributed by atoms with E-state index in [1.807, 2.05) is 13.0 Å². The molecule has 0 amide bonds. The minimum atomic E-state index is -3.38. The van der Waals surface area contributed by atoms with Gasteiger partial charge < -0.3 is 5.32 Å². The maximum absolute atomic E-state index is 11.7. The summed E-state index contributed by atoms with van der Waals surface area (Å²) in [4.78, 5) is 0.286. The molecule has 0 aliphatic heterocycles. The van der Waals surface area contributed by atoms with E-state index in [4.69, 9.17) is 0 Å². The van der Waals surface area contributed by atoms with Gasteiger partial charge in [0.15, 0.2) is 0 Å². The monoisotopic (exact) mass is 270 g/mol. The van der Waals surface area contributed by atoms with Crippen LogP contribution in [0.4, 0.5) is 5.69 Å². The molecule has 2 N–H and O–H groups in total. The van der Waals surface area contributed by atoms with Crippen LogP contribution < -0.4 is 10.0 Å². The Kier molecular flexibility index (Phi) is 4.76. The zero-order chi connectivity index (χ0) is 13.9. The molecular formula is C13H22N2O2S. The summed E-state index contributed by atoms with van der Waals surface area (Å²) in [6, 6.07) is 5.41. The Labute approximate surface area is 110 Å². The summed E-state index contributed by atoms with van der Waals surface area (Å²) >= 11 is 0. The van der Waals surface area contributed by atoms with E-state index in [9.17, 15) is 8.42 Å². The molecule has 0 aliphatic carbocycles. The third-order valence-electron chi connectivity index (χ3n) is 3.17. The van der Waals surface area contributed by atoms with Gasteiger partial charge in [-0.2, -0.15) is 0 Å². The second-order valence-corrected chi connectivity index (χ2v) is 6.75. The Morgan fingerprint density at radius 3 is 2.28 bits per heavy atom. The van der Waals surface area contributed by atoms with Crippen molar-refractivity contribution in [3.63, 3.8) is 0 Å². The molecule has 1 aromatic carbocycles. The van der Waals surface area contributed by atoms with Crippen molar-refractivity contribution in [1.82, 2.24) is 4.72 Å². The van der Waals surface area contributed by atoms with Crippen molar-refractivity contribution in [3.8, 4) is 0 Å². The zero-order valence-electron chi connectivity index (χ0n) is 11.6. The highest BCUT2D eigenvalue weighted by atomic mass is 32.2. The van der Waals surface area contributed by atoms with E-state index in [-0.39, 0.29) is 10.9 Å². The van der Waals surface area contributed by atoms with Crippen molar-refractivity contribution >= 4 is 15.7 Å². The van der Waals surface area contributed by atoms with Crippen LogP contribution in [0, 0.1) is 12.8 Å². The lowest BCUT2D eigenvalue weighted by molar-refractivity contribution is 0.559. The first kappa shape index (κ1) is 15.0. The van der Waals surface area contributed by atoms with Gasteiger partial charge in [0.25, 0.3) is 0 Å². The number of hydrogen-bond donors (Lipinski definition) is 2. The molecule has 18 heavy (non-hydrogen) atoms. The number of hydrogen-bond acceptors (Lipinski definition) is 3. The predicted molar refractivity (Wildman–Crippen MR) is 75.3 cm³/mol. The Morgan fingerprint density at radius 2 is 1.78 bits per heavy atom. The van der Waals surface area contributed by atoms with Gasteiger partial charge in [0.05, 0.1) is 4.90 Å². The lowest BCUT2D eigenvalue weighted by Gasteiger charge is -2.20. The van der Waals surface area contributed by atoms with Gasteiger partial charge >= 0.3 is 0 Å². The fourth-order valence-corrected chi connectivity index (χ4v) is 2.21. The summed E-state index contributed by atoms with van der Waals surface area (Å²) < 4.78 is 25.8. The molecule has 0 heterocycles. The van der Waals surface area contributed by atoms with Gasteiger partial charge in [0.2, 0.25) is 10.0 Å². The van der Waals surface area contributed by atoms with Crippen molar-refractivity contribution in [2.75, 3.05) is 12.4 Å². The van der Waals surface area contributed by atoms with E-state index in [1.54, 1.807) is 12.1 Å². The van der Waals surface area contributed by atoms with E-state index in [1.165, 1.54) is 7.05 Å². The van der Waals surface area contributed by atoms with Crippen LogP contribution in [-0.2, 0) is 10.0 Å². The first-order chi connectivity index (χ1) is 8.27. The molecular weight excluding hydrogens is 248 g/mol. The first-order valence-electron chi connectivity index (χ1n) is 6.08. The van der Waals surface area contributed by atoms with E-state index >= 15 is 0 Å². The van der Waals surface area contributed by atoms with Crippen LogP contribution in [-0.4, -0.2) is 21.5 Å². The fourth-order valence-electron chi connectivity index (χ4n) is 1.45. The Hall–Kier alpha value is -1.07. The van der Waals surface area contributed by atoms with Crippen LogP contribution in [0.15, 0.2) is 23.1 Å². The van der Waals surface area contributed by atoms with E-state index in [0.717, 1.165) is 11.3 Å². The number of anilines is 1. The maximum Gasteiger partial charge on any atom is 0.240 e. The van der Waals surface area contributed by atoms with Crippen molar-refractivity contribution < 1.29 is 8.42 Å². The normalized spacial score (nSPS) is 13.7. The van der Waals surface area contributed by atoms with Gasteiger partial charge in [-0.3, -0.25) is 0 Å². The topological polar surface area (TPSA) is 58.2 Å². The molecule has 5 heteroatoms. The number of benzene rings is 1. The third-order valence-corrected chi connectivity index (χ3v) is 4.58. The van der Waals surface area contributed by atoms with Gasteiger partial charge in [-0.05, 0) is 44.5 Å². The minimum Gasteiger partial charge on any atom is -0.382 e. The second-order valence-electron chi connectivity index (χ2n) is 4.86.